The molecule has 0 radical (unpaired) electrons. The van der Waals surface area contributed by atoms with E-state index in [1.165, 1.54) is 32.1 Å². The summed E-state index contributed by atoms with van der Waals surface area (Å²) in [5, 5.41) is 3.15. The summed E-state index contributed by atoms with van der Waals surface area (Å²) in [7, 11) is 3.99. The van der Waals surface area contributed by atoms with Crippen molar-refractivity contribution in [2.75, 3.05) is 27.2 Å². The Labute approximate surface area is 111 Å². The lowest BCUT2D eigenvalue weighted by molar-refractivity contribution is -0.147. The highest BCUT2D eigenvalue weighted by Crippen LogP contribution is 2.26. The molecule has 2 atom stereocenters. The van der Waals surface area contributed by atoms with Gasteiger partial charge in [0, 0.05) is 25.2 Å². The fourth-order valence-electron chi connectivity index (χ4n) is 3.32. The van der Waals surface area contributed by atoms with Gasteiger partial charge in [-0.25, -0.2) is 0 Å². The normalized spacial score (nSPS) is 31.9. The molecule has 1 saturated heterocycles. The number of nitrogens with one attached hydrogen (secondary N) is 1. The third kappa shape index (κ3) is 2.69. The molecule has 4 heteroatoms. The van der Waals surface area contributed by atoms with Crippen LogP contribution in [-0.2, 0) is 4.79 Å². The Balaban J connectivity index is 2.07. The van der Waals surface area contributed by atoms with Gasteiger partial charge in [-0.1, -0.05) is 19.3 Å². The molecule has 0 aromatic heterocycles. The van der Waals surface area contributed by atoms with Crippen molar-refractivity contribution >= 4 is 5.91 Å². The number of nitrogens with zero attached hydrogens (tertiary/aromatic N) is 2. The quantitative estimate of drug-likeness (QED) is 0.817. The molecule has 4 nitrogen and oxygen atoms in total. The summed E-state index contributed by atoms with van der Waals surface area (Å²) < 4.78 is 0. The van der Waals surface area contributed by atoms with Crippen LogP contribution in [0, 0.1) is 0 Å². The summed E-state index contributed by atoms with van der Waals surface area (Å²) in [6, 6.07) is 0.977. The van der Waals surface area contributed by atoms with Crippen molar-refractivity contribution in [1.82, 2.24) is 15.1 Å². The standard InChI is InChI=1S/C14H27N3O/c1-11-10-17(12-7-5-4-6-8-12)14(18)13(9-15-2)16(11)3/h11-13,15H,4-10H2,1-3H3. The number of likely N-dealkylation sites (N-methyl/N-ethyl adjacent to an activating group) is 2. The van der Waals surface area contributed by atoms with E-state index in [2.05, 4.69) is 29.1 Å². The molecule has 1 aliphatic heterocycles. The first kappa shape index (κ1) is 13.8. The molecule has 18 heavy (non-hydrogen) atoms. The Morgan fingerprint density at radius 1 is 1.28 bits per heavy atom. The molecule has 1 heterocycles. The SMILES string of the molecule is CNCC1C(=O)N(C2CCCCC2)CC(C)N1C. The molecular weight excluding hydrogens is 226 g/mol. The molecule has 1 amide bonds. The van der Waals surface area contributed by atoms with Gasteiger partial charge in [-0.15, -0.1) is 0 Å². The van der Waals surface area contributed by atoms with Crippen LogP contribution in [0.4, 0.5) is 0 Å². The van der Waals surface area contributed by atoms with Crippen LogP contribution in [-0.4, -0.2) is 61.0 Å². The zero-order valence-electron chi connectivity index (χ0n) is 12.0. The summed E-state index contributed by atoms with van der Waals surface area (Å²) in [4.78, 5) is 17.0. The van der Waals surface area contributed by atoms with Gasteiger partial charge in [-0.05, 0) is 33.9 Å². The lowest BCUT2D eigenvalue weighted by atomic mass is 9.92. The van der Waals surface area contributed by atoms with Crippen LogP contribution in [0.5, 0.6) is 0 Å². The van der Waals surface area contributed by atoms with Crippen molar-refractivity contribution < 1.29 is 4.79 Å². The molecule has 2 unspecified atom stereocenters. The summed E-state index contributed by atoms with van der Waals surface area (Å²) in [5.41, 5.74) is 0. The van der Waals surface area contributed by atoms with Crippen molar-refractivity contribution in [3.8, 4) is 0 Å². The smallest absolute Gasteiger partial charge is 0.241 e. The van der Waals surface area contributed by atoms with Crippen LogP contribution >= 0.6 is 0 Å². The maximum absolute atomic E-state index is 12.6. The molecule has 2 fully saturated rings. The minimum absolute atomic E-state index is 0.0145. The van der Waals surface area contributed by atoms with Gasteiger partial charge in [-0.2, -0.15) is 0 Å². The van der Waals surface area contributed by atoms with Crippen LogP contribution in [0.3, 0.4) is 0 Å². The number of carbonyl (C=O) groups excluding carboxylic acids is 1. The zero-order valence-corrected chi connectivity index (χ0v) is 12.0. The monoisotopic (exact) mass is 253 g/mol. The van der Waals surface area contributed by atoms with Gasteiger partial charge in [0.2, 0.25) is 5.91 Å². The minimum Gasteiger partial charge on any atom is -0.337 e. The number of hydrogen-bond donors (Lipinski definition) is 1. The Hall–Kier alpha value is -0.610. The van der Waals surface area contributed by atoms with Gasteiger partial charge in [0.25, 0.3) is 0 Å². The van der Waals surface area contributed by atoms with Crippen LogP contribution in [0.2, 0.25) is 0 Å². The van der Waals surface area contributed by atoms with E-state index in [9.17, 15) is 4.79 Å². The number of amides is 1. The predicted octanol–water partition coefficient (Wildman–Crippen LogP) is 1.07. The van der Waals surface area contributed by atoms with Crippen molar-refractivity contribution in [3.63, 3.8) is 0 Å². The number of hydrogen-bond acceptors (Lipinski definition) is 3. The fourth-order valence-corrected chi connectivity index (χ4v) is 3.32. The maximum atomic E-state index is 12.6. The second kappa shape index (κ2) is 6.02. The van der Waals surface area contributed by atoms with E-state index in [0.717, 1.165) is 13.1 Å². The van der Waals surface area contributed by atoms with E-state index in [0.29, 0.717) is 18.0 Å². The van der Waals surface area contributed by atoms with Gasteiger partial charge >= 0.3 is 0 Å². The molecule has 1 saturated carbocycles. The number of carbonyl (C=O) groups is 1. The van der Waals surface area contributed by atoms with Gasteiger partial charge in [-0.3, -0.25) is 9.69 Å². The molecule has 1 N–H and O–H groups in total. The highest BCUT2D eigenvalue weighted by molar-refractivity contribution is 5.83. The van der Waals surface area contributed by atoms with Crippen LogP contribution in [0.25, 0.3) is 0 Å². The predicted molar refractivity (Wildman–Crippen MR) is 73.5 cm³/mol. The van der Waals surface area contributed by atoms with Gasteiger partial charge in [0.05, 0.1) is 0 Å². The third-order valence-electron chi connectivity index (χ3n) is 4.63. The van der Waals surface area contributed by atoms with E-state index in [1.54, 1.807) is 0 Å². The van der Waals surface area contributed by atoms with Crippen LogP contribution in [0.1, 0.15) is 39.0 Å². The largest absolute Gasteiger partial charge is 0.337 e. The highest BCUT2D eigenvalue weighted by atomic mass is 16.2. The molecule has 1 aliphatic carbocycles. The topological polar surface area (TPSA) is 35.6 Å². The average molecular weight is 253 g/mol. The second-order valence-electron chi connectivity index (χ2n) is 5.87. The van der Waals surface area contributed by atoms with Crippen LogP contribution < -0.4 is 5.32 Å². The first-order valence-corrected chi connectivity index (χ1v) is 7.32. The number of rotatable bonds is 3. The Morgan fingerprint density at radius 2 is 1.94 bits per heavy atom. The minimum atomic E-state index is 0.0145. The highest BCUT2D eigenvalue weighted by Gasteiger charge is 2.39. The molecule has 0 aromatic carbocycles. The summed E-state index contributed by atoms with van der Waals surface area (Å²) in [5.74, 6) is 0.330. The van der Waals surface area contributed by atoms with E-state index in [4.69, 9.17) is 0 Å². The number of piperazine rings is 1. The van der Waals surface area contributed by atoms with Crippen molar-refractivity contribution in [2.24, 2.45) is 0 Å². The Morgan fingerprint density at radius 3 is 2.56 bits per heavy atom. The van der Waals surface area contributed by atoms with Gasteiger partial charge in [0.1, 0.15) is 6.04 Å². The lowest BCUT2D eigenvalue weighted by Gasteiger charge is -2.47. The van der Waals surface area contributed by atoms with Crippen LogP contribution in [0.15, 0.2) is 0 Å². The summed E-state index contributed by atoms with van der Waals surface area (Å²) in [6.07, 6.45) is 6.32. The van der Waals surface area contributed by atoms with E-state index in [1.807, 2.05) is 7.05 Å². The Bertz CT molecular complexity index is 289. The average Bonchev–Trinajstić information content (AvgIpc) is 2.40. The first-order chi connectivity index (χ1) is 8.65. The van der Waals surface area contributed by atoms with Crippen molar-refractivity contribution in [1.29, 1.82) is 0 Å². The second-order valence-corrected chi connectivity index (χ2v) is 5.87. The maximum Gasteiger partial charge on any atom is 0.241 e. The van der Waals surface area contributed by atoms with E-state index in [-0.39, 0.29) is 6.04 Å². The first-order valence-electron chi connectivity index (χ1n) is 7.32. The molecule has 104 valence electrons. The fraction of sp³-hybridized carbons (Fsp3) is 0.929. The van der Waals surface area contributed by atoms with Gasteiger partial charge in [0.15, 0.2) is 0 Å². The summed E-state index contributed by atoms with van der Waals surface area (Å²) in [6.45, 7) is 3.88. The molecule has 2 aliphatic rings. The molecule has 0 spiro atoms. The molecular formula is C14H27N3O. The summed E-state index contributed by atoms with van der Waals surface area (Å²) >= 11 is 0. The molecule has 0 bridgehead atoms. The molecule has 2 rings (SSSR count). The molecule has 0 aromatic rings. The Kier molecular flexibility index (Phi) is 4.62. The van der Waals surface area contributed by atoms with E-state index >= 15 is 0 Å². The van der Waals surface area contributed by atoms with E-state index < -0.39 is 0 Å². The van der Waals surface area contributed by atoms with Crippen molar-refractivity contribution in [2.45, 2.75) is 57.2 Å². The lowest BCUT2D eigenvalue weighted by Crippen LogP contribution is -2.64. The third-order valence-corrected chi connectivity index (χ3v) is 4.63. The van der Waals surface area contributed by atoms with Gasteiger partial charge < -0.3 is 10.2 Å². The van der Waals surface area contributed by atoms with Crippen molar-refractivity contribution in [3.05, 3.63) is 0 Å². The zero-order chi connectivity index (χ0) is 13.1.